The molecule has 0 spiro atoms. The monoisotopic (exact) mass is 469 g/mol. The van der Waals surface area contributed by atoms with Crippen molar-refractivity contribution in [2.75, 3.05) is 12.0 Å². The summed E-state index contributed by atoms with van der Waals surface area (Å²) in [5.74, 6) is -0.858. The Morgan fingerprint density at radius 3 is 2.23 bits per heavy atom. The Morgan fingerprint density at radius 2 is 1.63 bits per heavy atom. The molecule has 5 nitrogen and oxygen atoms in total. The summed E-state index contributed by atoms with van der Waals surface area (Å²) in [6, 6.07) is 19.7. The van der Waals surface area contributed by atoms with Crippen LogP contribution in [0.15, 0.2) is 72.3 Å². The van der Waals surface area contributed by atoms with Gasteiger partial charge in [-0.15, -0.1) is 0 Å². The average molecular weight is 470 g/mol. The van der Waals surface area contributed by atoms with Crippen molar-refractivity contribution < 1.29 is 19.4 Å². The molecule has 4 rings (SSSR count). The maximum absolute atomic E-state index is 13.4. The molecule has 3 aromatic rings. The van der Waals surface area contributed by atoms with E-state index < -0.39 is 17.7 Å². The number of amides is 1. The highest BCUT2D eigenvalue weighted by molar-refractivity contribution is 6.51. The van der Waals surface area contributed by atoms with E-state index in [0.29, 0.717) is 17.0 Å². The minimum Gasteiger partial charge on any atom is -0.507 e. The van der Waals surface area contributed by atoms with Crippen LogP contribution in [0, 0.1) is 13.8 Å². The number of hydrogen-bond donors (Lipinski definition) is 1. The highest BCUT2D eigenvalue weighted by Crippen LogP contribution is 2.44. The van der Waals surface area contributed by atoms with Gasteiger partial charge in [0.05, 0.1) is 18.7 Å². The van der Waals surface area contributed by atoms with E-state index in [2.05, 4.69) is 20.8 Å². The molecule has 0 bridgehead atoms. The maximum atomic E-state index is 13.4. The molecule has 0 saturated carbocycles. The smallest absolute Gasteiger partial charge is 0.300 e. The summed E-state index contributed by atoms with van der Waals surface area (Å²) in [4.78, 5) is 28.4. The number of ketones is 1. The van der Waals surface area contributed by atoms with Crippen LogP contribution in [0.4, 0.5) is 5.69 Å². The van der Waals surface area contributed by atoms with Crippen LogP contribution < -0.4 is 9.64 Å². The molecule has 35 heavy (non-hydrogen) atoms. The zero-order chi connectivity index (χ0) is 25.5. The zero-order valence-corrected chi connectivity index (χ0v) is 21.0. The van der Waals surface area contributed by atoms with Crippen molar-refractivity contribution in [2.24, 2.45) is 0 Å². The third-order valence-electron chi connectivity index (χ3n) is 6.45. The second-order valence-electron chi connectivity index (χ2n) is 10.0. The van der Waals surface area contributed by atoms with E-state index in [1.807, 2.05) is 68.4 Å². The normalized spacial score (nSPS) is 17.7. The van der Waals surface area contributed by atoms with Gasteiger partial charge in [-0.05, 0) is 54.7 Å². The molecule has 0 aliphatic carbocycles. The van der Waals surface area contributed by atoms with Crippen molar-refractivity contribution >= 4 is 23.1 Å². The number of anilines is 1. The van der Waals surface area contributed by atoms with Crippen molar-refractivity contribution in [2.45, 2.75) is 46.1 Å². The van der Waals surface area contributed by atoms with E-state index in [1.54, 1.807) is 19.2 Å². The molecule has 1 unspecified atom stereocenters. The predicted molar refractivity (Wildman–Crippen MR) is 139 cm³/mol. The van der Waals surface area contributed by atoms with Crippen molar-refractivity contribution in [3.8, 4) is 5.75 Å². The number of benzene rings is 3. The summed E-state index contributed by atoms with van der Waals surface area (Å²) in [6.07, 6.45) is 0. The van der Waals surface area contributed by atoms with Crippen LogP contribution in [0.3, 0.4) is 0 Å². The molecule has 1 aliphatic rings. The molecule has 1 fully saturated rings. The van der Waals surface area contributed by atoms with Crippen LogP contribution >= 0.6 is 0 Å². The molecule has 5 heteroatoms. The molecule has 0 aromatic heterocycles. The quantitative estimate of drug-likeness (QED) is 0.279. The van der Waals surface area contributed by atoms with Gasteiger partial charge >= 0.3 is 0 Å². The van der Waals surface area contributed by atoms with Gasteiger partial charge in [0.2, 0.25) is 0 Å². The predicted octanol–water partition coefficient (Wildman–Crippen LogP) is 6.24. The van der Waals surface area contributed by atoms with Crippen molar-refractivity contribution in [1.29, 1.82) is 0 Å². The Kier molecular flexibility index (Phi) is 6.28. The lowest BCUT2D eigenvalue weighted by atomic mass is 9.84. The van der Waals surface area contributed by atoms with Gasteiger partial charge in [-0.1, -0.05) is 68.8 Å². The van der Waals surface area contributed by atoms with Crippen LogP contribution in [0.5, 0.6) is 5.75 Å². The van der Waals surface area contributed by atoms with E-state index in [4.69, 9.17) is 4.74 Å². The van der Waals surface area contributed by atoms with Crippen LogP contribution in [0.2, 0.25) is 0 Å². The average Bonchev–Trinajstić information content (AvgIpc) is 3.08. The summed E-state index contributed by atoms with van der Waals surface area (Å²) < 4.78 is 5.53. The topological polar surface area (TPSA) is 66.8 Å². The lowest BCUT2D eigenvalue weighted by molar-refractivity contribution is -0.132. The number of Topliss-reactive ketones (excluding diaryl/α,β-unsaturated/α-hetero) is 1. The first-order valence-corrected chi connectivity index (χ1v) is 11.7. The molecular weight excluding hydrogens is 438 g/mol. The summed E-state index contributed by atoms with van der Waals surface area (Å²) >= 11 is 0. The molecule has 1 heterocycles. The van der Waals surface area contributed by atoms with Gasteiger partial charge in [0.25, 0.3) is 11.7 Å². The third kappa shape index (κ3) is 4.34. The lowest BCUT2D eigenvalue weighted by Gasteiger charge is -2.27. The number of aliphatic hydroxyl groups excluding tert-OH is 1. The number of carbonyl (C=O) groups is 2. The molecule has 1 aliphatic heterocycles. The van der Waals surface area contributed by atoms with Gasteiger partial charge in [0.1, 0.15) is 11.5 Å². The fourth-order valence-corrected chi connectivity index (χ4v) is 4.70. The number of nitrogens with zero attached hydrogens (tertiary/aromatic N) is 1. The highest BCUT2D eigenvalue weighted by atomic mass is 16.5. The first-order chi connectivity index (χ1) is 16.5. The number of methoxy groups -OCH3 is 1. The standard InChI is InChI=1S/C30H31NO4/c1-18-12-14-23(19(2)16-18)31-26(20-10-8-7-9-11-20)25(28(33)29(31)34)27(32)21-13-15-24(35-6)22(17-21)30(3,4)5/h7-17,26,32H,1-6H3/b27-25-. The SMILES string of the molecule is COc1ccc(/C(O)=C2/C(=O)C(=O)N(c3ccc(C)cc3C)C2c2ccccc2)cc1C(C)(C)C. The Hall–Kier alpha value is -3.86. The first kappa shape index (κ1) is 24.3. The van der Waals surface area contributed by atoms with Crippen LogP contribution in [-0.2, 0) is 15.0 Å². The molecule has 180 valence electrons. The Labute approximate surface area is 206 Å². The number of carbonyl (C=O) groups excluding carboxylic acids is 2. The number of aryl methyl sites for hydroxylation is 2. The largest absolute Gasteiger partial charge is 0.507 e. The molecule has 1 N–H and O–H groups in total. The van der Waals surface area contributed by atoms with Gasteiger partial charge in [-0.2, -0.15) is 0 Å². The van der Waals surface area contributed by atoms with E-state index >= 15 is 0 Å². The van der Waals surface area contributed by atoms with Crippen molar-refractivity contribution in [3.63, 3.8) is 0 Å². The fraction of sp³-hybridized carbons (Fsp3) is 0.267. The van der Waals surface area contributed by atoms with E-state index in [-0.39, 0.29) is 16.7 Å². The first-order valence-electron chi connectivity index (χ1n) is 11.7. The summed E-state index contributed by atoms with van der Waals surface area (Å²) in [7, 11) is 1.61. The van der Waals surface area contributed by atoms with Gasteiger partial charge < -0.3 is 9.84 Å². The highest BCUT2D eigenvalue weighted by Gasteiger charge is 2.47. The minimum absolute atomic E-state index is 0.0752. The second kappa shape index (κ2) is 9.06. The number of ether oxygens (including phenoxy) is 1. The van der Waals surface area contributed by atoms with E-state index in [0.717, 1.165) is 22.3 Å². The molecular formula is C30H31NO4. The summed E-state index contributed by atoms with van der Waals surface area (Å²) in [6.45, 7) is 10.1. The van der Waals surface area contributed by atoms with Gasteiger partial charge in [0.15, 0.2) is 0 Å². The maximum Gasteiger partial charge on any atom is 0.300 e. The zero-order valence-electron chi connectivity index (χ0n) is 21.0. The van der Waals surface area contributed by atoms with E-state index in [1.165, 1.54) is 4.90 Å². The molecule has 1 amide bonds. The van der Waals surface area contributed by atoms with Gasteiger partial charge in [0, 0.05) is 16.8 Å². The Balaban J connectivity index is 1.97. The number of hydrogen-bond acceptors (Lipinski definition) is 4. The Morgan fingerprint density at radius 1 is 0.943 bits per heavy atom. The molecule has 3 aromatic carbocycles. The van der Waals surface area contributed by atoms with Gasteiger partial charge in [-0.25, -0.2) is 0 Å². The molecule has 0 radical (unpaired) electrons. The van der Waals surface area contributed by atoms with Gasteiger partial charge in [-0.3, -0.25) is 14.5 Å². The molecule has 1 saturated heterocycles. The third-order valence-corrected chi connectivity index (χ3v) is 6.45. The number of aliphatic hydroxyl groups is 1. The summed E-state index contributed by atoms with van der Waals surface area (Å²) in [5, 5.41) is 11.5. The minimum atomic E-state index is -0.752. The molecule has 1 atom stereocenters. The van der Waals surface area contributed by atoms with E-state index in [9.17, 15) is 14.7 Å². The lowest BCUT2D eigenvalue weighted by Crippen LogP contribution is -2.30. The Bertz CT molecular complexity index is 1330. The number of rotatable bonds is 4. The summed E-state index contributed by atoms with van der Waals surface area (Å²) in [5.41, 5.74) is 4.52. The second-order valence-corrected chi connectivity index (χ2v) is 10.0. The van der Waals surface area contributed by atoms with Crippen molar-refractivity contribution in [1.82, 2.24) is 0 Å². The van der Waals surface area contributed by atoms with Crippen molar-refractivity contribution in [3.05, 3.63) is 100 Å². The van der Waals surface area contributed by atoms with Crippen LogP contribution in [0.25, 0.3) is 5.76 Å². The van der Waals surface area contributed by atoms with Crippen LogP contribution in [0.1, 0.15) is 54.6 Å². The fourth-order valence-electron chi connectivity index (χ4n) is 4.70. The van der Waals surface area contributed by atoms with Crippen LogP contribution in [-0.4, -0.2) is 23.9 Å².